The molecule has 1 aromatic carbocycles. The highest BCUT2D eigenvalue weighted by atomic mass is 32.2. The number of nitrogens with zero attached hydrogens (tertiary/aromatic N) is 2. The van der Waals surface area contributed by atoms with Crippen LogP contribution in [0.5, 0.6) is 5.75 Å². The molecule has 1 aliphatic carbocycles. The summed E-state index contributed by atoms with van der Waals surface area (Å²) in [6, 6.07) is 11.4. The Labute approximate surface area is 220 Å². The number of rotatable bonds is 12. The van der Waals surface area contributed by atoms with E-state index in [4.69, 9.17) is 14.3 Å². The first kappa shape index (κ1) is 27.0. The number of Topliss-reactive ketones (excluding diaryl/α,β-unsaturated/α-hetero) is 1. The van der Waals surface area contributed by atoms with Crippen LogP contribution >= 0.6 is 11.3 Å². The topological polar surface area (TPSA) is 133 Å². The number of thiazole rings is 1. The van der Waals surface area contributed by atoms with Gasteiger partial charge in [-0.3, -0.25) is 9.59 Å². The summed E-state index contributed by atoms with van der Waals surface area (Å²) in [5.41, 5.74) is 0.444. The normalized spacial score (nSPS) is 14.4. The number of primary sulfonamides is 1. The van der Waals surface area contributed by atoms with Crippen molar-refractivity contribution in [2.75, 3.05) is 19.4 Å². The predicted molar refractivity (Wildman–Crippen MR) is 140 cm³/mol. The average Bonchev–Trinajstić information content (AvgIpc) is 3.42. The van der Waals surface area contributed by atoms with Crippen molar-refractivity contribution in [2.45, 2.75) is 51.5 Å². The fourth-order valence-electron chi connectivity index (χ4n) is 4.47. The lowest BCUT2D eigenvalue weighted by Crippen LogP contribution is -2.39. The van der Waals surface area contributed by atoms with E-state index < -0.39 is 27.0 Å². The maximum atomic E-state index is 13.9. The van der Waals surface area contributed by atoms with Crippen molar-refractivity contribution in [3.05, 3.63) is 69.1 Å². The molecule has 0 aliphatic heterocycles. The molecule has 1 fully saturated rings. The van der Waals surface area contributed by atoms with Crippen LogP contribution in [0.2, 0.25) is 0 Å². The van der Waals surface area contributed by atoms with Gasteiger partial charge in [0.15, 0.2) is 5.78 Å². The van der Waals surface area contributed by atoms with E-state index in [0.29, 0.717) is 29.3 Å². The highest BCUT2D eigenvalue weighted by Gasteiger charge is 2.53. The van der Waals surface area contributed by atoms with Crippen LogP contribution in [0.1, 0.15) is 56.7 Å². The van der Waals surface area contributed by atoms with Gasteiger partial charge in [-0.1, -0.05) is 12.1 Å². The Morgan fingerprint density at radius 3 is 2.43 bits per heavy atom. The maximum Gasteiger partial charge on any atom is 0.233 e. The SMILES string of the molecule is COc1ccc(C2(C(=O)N(CCCc3ccc(C)o3)Cc3nc(C(=O)CS(N)(=O)=O)c(C)s3)CC2)cc1. The van der Waals surface area contributed by atoms with E-state index in [2.05, 4.69) is 4.98 Å². The van der Waals surface area contributed by atoms with Crippen LogP contribution in [-0.2, 0) is 33.2 Å². The molecule has 0 spiro atoms. The number of ketones is 1. The van der Waals surface area contributed by atoms with Gasteiger partial charge in [0.25, 0.3) is 0 Å². The second kappa shape index (κ2) is 10.8. The number of benzene rings is 1. The molecule has 0 saturated heterocycles. The van der Waals surface area contributed by atoms with Gasteiger partial charge in [-0.25, -0.2) is 18.5 Å². The summed E-state index contributed by atoms with van der Waals surface area (Å²) >= 11 is 1.28. The molecule has 1 aliphatic rings. The minimum atomic E-state index is -3.97. The summed E-state index contributed by atoms with van der Waals surface area (Å²) in [4.78, 5) is 33.2. The Morgan fingerprint density at radius 1 is 1.16 bits per heavy atom. The summed E-state index contributed by atoms with van der Waals surface area (Å²) in [6.07, 6.45) is 2.88. The number of aromatic nitrogens is 1. The lowest BCUT2D eigenvalue weighted by Gasteiger charge is -2.27. The average molecular weight is 546 g/mol. The first-order valence-electron chi connectivity index (χ1n) is 12.0. The Kier molecular flexibility index (Phi) is 7.86. The van der Waals surface area contributed by atoms with Crippen LogP contribution in [0, 0.1) is 13.8 Å². The Hall–Kier alpha value is -3.02. The van der Waals surface area contributed by atoms with Gasteiger partial charge in [-0.05, 0) is 62.9 Å². The third-order valence-corrected chi connectivity index (χ3v) is 8.12. The number of nitrogens with two attached hydrogens (primary N) is 1. The number of carbonyl (C=O) groups is 2. The van der Waals surface area contributed by atoms with Crippen molar-refractivity contribution in [3.63, 3.8) is 0 Å². The molecule has 1 amide bonds. The Balaban J connectivity index is 1.55. The molecule has 2 heterocycles. The predicted octanol–water partition coefficient (Wildman–Crippen LogP) is 3.53. The van der Waals surface area contributed by atoms with Crippen molar-refractivity contribution in [2.24, 2.45) is 5.14 Å². The molecule has 3 aromatic rings. The molecule has 2 aromatic heterocycles. The van der Waals surface area contributed by atoms with E-state index in [1.165, 1.54) is 11.3 Å². The summed E-state index contributed by atoms with van der Waals surface area (Å²) in [6.45, 7) is 4.31. The number of hydrogen-bond donors (Lipinski definition) is 1. The Morgan fingerprint density at radius 2 is 1.86 bits per heavy atom. The van der Waals surface area contributed by atoms with E-state index in [-0.39, 0.29) is 18.1 Å². The van der Waals surface area contributed by atoms with Crippen molar-refractivity contribution in [1.29, 1.82) is 0 Å². The van der Waals surface area contributed by atoms with Crippen molar-refractivity contribution in [1.82, 2.24) is 9.88 Å². The summed E-state index contributed by atoms with van der Waals surface area (Å²) in [5, 5.41) is 5.61. The smallest absolute Gasteiger partial charge is 0.233 e. The van der Waals surface area contributed by atoms with Gasteiger partial charge in [0, 0.05) is 17.8 Å². The zero-order chi connectivity index (χ0) is 26.8. The second-order valence-electron chi connectivity index (χ2n) is 9.40. The summed E-state index contributed by atoms with van der Waals surface area (Å²) in [7, 11) is -2.36. The van der Waals surface area contributed by atoms with Gasteiger partial charge in [-0.15, -0.1) is 11.3 Å². The summed E-state index contributed by atoms with van der Waals surface area (Å²) < 4.78 is 33.7. The fourth-order valence-corrected chi connectivity index (χ4v) is 5.94. The molecular formula is C26H31N3O6S2. The van der Waals surface area contributed by atoms with Gasteiger partial charge in [0.2, 0.25) is 15.9 Å². The van der Waals surface area contributed by atoms with Crippen molar-refractivity contribution >= 4 is 33.1 Å². The van der Waals surface area contributed by atoms with Crippen molar-refractivity contribution < 1.29 is 27.2 Å². The highest BCUT2D eigenvalue weighted by Crippen LogP contribution is 2.50. The number of carbonyl (C=O) groups excluding carboxylic acids is 2. The Bertz CT molecular complexity index is 1390. The van der Waals surface area contributed by atoms with E-state index >= 15 is 0 Å². The third kappa shape index (κ3) is 6.46. The van der Waals surface area contributed by atoms with E-state index in [1.54, 1.807) is 18.9 Å². The van der Waals surface area contributed by atoms with E-state index in [1.807, 2.05) is 43.3 Å². The lowest BCUT2D eigenvalue weighted by atomic mass is 9.94. The van der Waals surface area contributed by atoms with E-state index in [9.17, 15) is 18.0 Å². The van der Waals surface area contributed by atoms with Crippen molar-refractivity contribution in [3.8, 4) is 5.75 Å². The molecule has 9 nitrogen and oxygen atoms in total. The molecule has 11 heteroatoms. The first-order chi connectivity index (χ1) is 17.5. The monoisotopic (exact) mass is 545 g/mol. The third-order valence-electron chi connectivity index (χ3n) is 6.50. The molecule has 0 radical (unpaired) electrons. The van der Waals surface area contributed by atoms with Crippen LogP contribution < -0.4 is 9.88 Å². The molecule has 4 rings (SSSR count). The molecule has 0 bridgehead atoms. The molecule has 0 unspecified atom stereocenters. The second-order valence-corrected chi connectivity index (χ2v) is 12.3. The highest BCUT2D eigenvalue weighted by molar-refractivity contribution is 7.89. The number of furan rings is 1. The number of aryl methyl sites for hydroxylation is 3. The van der Waals surface area contributed by atoms with Crippen LogP contribution in [0.25, 0.3) is 0 Å². The van der Waals surface area contributed by atoms with Gasteiger partial charge in [-0.2, -0.15) is 0 Å². The largest absolute Gasteiger partial charge is 0.497 e. The minimum Gasteiger partial charge on any atom is -0.497 e. The minimum absolute atomic E-state index is 0.0126. The van der Waals surface area contributed by atoms with Crippen LogP contribution in [0.3, 0.4) is 0 Å². The lowest BCUT2D eigenvalue weighted by molar-refractivity contribution is -0.134. The summed E-state index contributed by atoms with van der Waals surface area (Å²) in [5.74, 6) is 0.996. The molecule has 198 valence electrons. The number of amides is 1. The molecule has 0 atom stereocenters. The molecule has 2 N–H and O–H groups in total. The van der Waals surface area contributed by atoms with E-state index in [0.717, 1.165) is 35.7 Å². The first-order valence-corrected chi connectivity index (χ1v) is 14.5. The van der Waals surface area contributed by atoms with Crippen LogP contribution in [0.15, 0.2) is 40.8 Å². The zero-order valence-corrected chi connectivity index (χ0v) is 22.8. The molecule has 1 saturated carbocycles. The van der Waals surface area contributed by atoms with Gasteiger partial charge < -0.3 is 14.1 Å². The quantitative estimate of drug-likeness (QED) is 0.344. The number of hydrogen-bond acceptors (Lipinski definition) is 8. The molecule has 37 heavy (non-hydrogen) atoms. The zero-order valence-electron chi connectivity index (χ0n) is 21.2. The molecular weight excluding hydrogens is 514 g/mol. The fraction of sp³-hybridized carbons (Fsp3) is 0.423. The van der Waals surface area contributed by atoms with Gasteiger partial charge in [0.05, 0.1) is 19.1 Å². The maximum absolute atomic E-state index is 13.9. The number of sulfonamides is 1. The van der Waals surface area contributed by atoms with Crippen LogP contribution in [0.4, 0.5) is 0 Å². The van der Waals surface area contributed by atoms with Gasteiger partial charge in [0.1, 0.15) is 33.7 Å². The van der Waals surface area contributed by atoms with Gasteiger partial charge >= 0.3 is 0 Å². The van der Waals surface area contributed by atoms with Crippen LogP contribution in [-0.4, -0.2) is 49.4 Å². The standard InChI is InChI=1S/C26H31N3O6S2/c1-17-6-9-21(35-17)5-4-14-29(15-23-28-24(18(2)36-23)22(30)16-37(27,32)33)25(31)26(12-13-26)19-7-10-20(34-3)11-8-19/h6-11H,4-5,12-16H2,1-3H3,(H2,27,32,33). The number of ether oxygens (including phenoxy) is 1. The number of methoxy groups -OCH3 is 1.